The molecule has 2 fully saturated rings. The molecule has 1 amide bonds. The second kappa shape index (κ2) is 8.27. The van der Waals surface area contributed by atoms with Crippen LogP contribution in [0.2, 0.25) is 0 Å². The highest BCUT2D eigenvalue weighted by Gasteiger charge is 2.25. The first-order chi connectivity index (χ1) is 12.1. The van der Waals surface area contributed by atoms with E-state index in [1.54, 1.807) is 0 Å². The topological polar surface area (TPSA) is 75.1 Å². The van der Waals surface area contributed by atoms with Crippen LogP contribution in [-0.4, -0.2) is 64.6 Å². The van der Waals surface area contributed by atoms with Crippen LogP contribution in [0.1, 0.15) is 61.8 Å². The average molecular weight is 348 g/mol. The molecule has 0 aliphatic carbocycles. The van der Waals surface area contributed by atoms with E-state index in [1.807, 2.05) is 11.6 Å². The first-order valence-corrected chi connectivity index (χ1v) is 9.71. The van der Waals surface area contributed by atoms with Gasteiger partial charge in [-0.3, -0.25) is 4.79 Å². The standard InChI is InChI=1S/C18H32N6O/c1-13(2)23-10-4-5-15(12-23)11-20-18(25)17-14(3)24(22-21-17)16-6-8-19-9-7-16/h13,15-16,19H,4-12H2,1-3H3,(H,20,25). The van der Waals surface area contributed by atoms with Crippen molar-refractivity contribution >= 4 is 5.91 Å². The van der Waals surface area contributed by atoms with Gasteiger partial charge in [0.25, 0.3) is 5.91 Å². The summed E-state index contributed by atoms with van der Waals surface area (Å²) in [7, 11) is 0. The largest absolute Gasteiger partial charge is 0.350 e. The molecule has 3 heterocycles. The lowest BCUT2D eigenvalue weighted by Gasteiger charge is -2.35. The molecule has 1 aromatic rings. The summed E-state index contributed by atoms with van der Waals surface area (Å²) < 4.78 is 1.94. The van der Waals surface area contributed by atoms with Crippen molar-refractivity contribution in [1.29, 1.82) is 0 Å². The van der Waals surface area contributed by atoms with E-state index in [-0.39, 0.29) is 5.91 Å². The van der Waals surface area contributed by atoms with Gasteiger partial charge in [-0.1, -0.05) is 5.21 Å². The molecule has 7 heteroatoms. The van der Waals surface area contributed by atoms with Crippen LogP contribution in [0, 0.1) is 12.8 Å². The number of nitrogens with zero attached hydrogens (tertiary/aromatic N) is 4. The van der Waals surface area contributed by atoms with Gasteiger partial charge >= 0.3 is 0 Å². The van der Waals surface area contributed by atoms with Crippen molar-refractivity contribution < 1.29 is 4.79 Å². The number of carbonyl (C=O) groups is 1. The summed E-state index contributed by atoms with van der Waals surface area (Å²) in [6, 6.07) is 0.930. The molecule has 3 rings (SSSR count). The number of hydrogen-bond acceptors (Lipinski definition) is 5. The van der Waals surface area contributed by atoms with Crippen molar-refractivity contribution in [2.45, 2.75) is 58.5 Å². The zero-order valence-corrected chi connectivity index (χ0v) is 15.8. The minimum atomic E-state index is -0.0839. The Morgan fingerprint density at radius 2 is 2.08 bits per heavy atom. The van der Waals surface area contributed by atoms with Gasteiger partial charge in [-0.05, 0) is 72.0 Å². The van der Waals surface area contributed by atoms with Gasteiger partial charge in [-0.15, -0.1) is 5.10 Å². The Bertz CT molecular complexity index is 578. The Labute approximate surface area is 150 Å². The van der Waals surface area contributed by atoms with Crippen LogP contribution in [0.4, 0.5) is 0 Å². The molecule has 0 bridgehead atoms. The van der Waals surface area contributed by atoms with E-state index in [2.05, 4.69) is 39.7 Å². The molecular weight excluding hydrogens is 316 g/mol. The Morgan fingerprint density at radius 3 is 2.80 bits per heavy atom. The van der Waals surface area contributed by atoms with Gasteiger partial charge in [0, 0.05) is 19.1 Å². The minimum Gasteiger partial charge on any atom is -0.350 e. The van der Waals surface area contributed by atoms with Gasteiger partial charge in [0.1, 0.15) is 0 Å². The Balaban J connectivity index is 1.55. The van der Waals surface area contributed by atoms with Gasteiger partial charge in [-0.25, -0.2) is 4.68 Å². The molecule has 2 saturated heterocycles. The zero-order chi connectivity index (χ0) is 17.8. The van der Waals surface area contributed by atoms with E-state index in [0.29, 0.717) is 23.7 Å². The predicted octanol–water partition coefficient (Wildman–Crippen LogP) is 1.36. The van der Waals surface area contributed by atoms with Crippen LogP contribution in [-0.2, 0) is 0 Å². The predicted molar refractivity (Wildman–Crippen MR) is 97.7 cm³/mol. The summed E-state index contributed by atoms with van der Waals surface area (Å²) in [6.07, 6.45) is 4.48. The molecule has 25 heavy (non-hydrogen) atoms. The number of carbonyl (C=O) groups excluding carboxylic acids is 1. The fourth-order valence-electron chi connectivity index (χ4n) is 4.00. The lowest BCUT2D eigenvalue weighted by atomic mass is 9.97. The van der Waals surface area contributed by atoms with E-state index >= 15 is 0 Å². The number of nitrogens with one attached hydrogen (secondary N) is 2. The fourth-order valence-corrected chi connectivity index (χ4v) is 4.00. The molecule has 0 aromatic carbocycles. The highest BCUT2D eigenvalue weighted by atomic mass is 16.2. The molecule has 1 aromatic heterocycles. The molecule has 2 N–H and O–H groups in total. The second-order valence-electron chi connectivity index (χ2n) is 7.76. The third kappa shape index (κ3) is 4.39. The summed E-state index contributed by atoms with van der Waals surface area (Å²) in [5, 5.41) is 14.9. The number of piperidine rings is 2. The quantitative estimate of drug-likeness (QED) is 0.840. The molecule has 0 spiro atoms. The fraction of sp³-hybridized carbons (Fsp3) is 0.833. The number of likely N-dealkylation sites (tertiary alicyclic amines) is 1. The lowest BCUT2D eigenvalue weighted by Crippen LogP contribution is -2.43. The maximum Gasteiger partial charge on any atom is 0.273 e. The van der Waals surface area contributed by atoms with Crippen molar-refractivity contribution in [2.75, 3.05) is 32.7 Å². The van der Waals surface area contributed by atoms with Crippen molar-refractivity contribution in [3.8, 4) is 0 Å². The maximum absolute atomic E-state index is 12.6. The average Bonchev–Trinajstić information content (AvgIpc) is 3.02. The summed E-state index contributed by atoms with van der Waals surface area (Å²) in [5.74, 6) is 0.444. The number of aromatic nitrogens is 3. The van der Waals surface area contributed by atoms with Gasteiger partial charge in [0.15, 0.2) is 5.69 Å². The van der Waals surface area contributed by atoms with Gasteiger partial charge < -0.3 is 15.5 Å². The summed E-state index contributed by atoms with van der Waals surface area (Å²) in [5.41, 5.74) is 1.37. The van der Waals surface area contributed by atoms with Gasteiger partial charge in [-0.2, -0.15) is 0 Å². The number of rotatable bonds is 5. The minimum absolute atomic E-state index is 0.0839. The van der Waals surface area contributed by atoms with Crippen LogP contribution < -0.4 is 10.6 Å². The highest BCUT2D eigenvalue weighted by molar-refractivity contribution is 5.93. The molecule has 1 atom stereocenters. The number of amides is 1. The highest BCUT2D eigenvalue weighted by Crippen LogP contribution is 2.21. The van der Waals surface area contributed by atoms with E-state index in [4.69, 9.17) is 0 Å². The lowest BCUT2D eigenvalue weighted by molar-refractivity contribution is 0.0917. The van der Waals surface area contributed by atoms with Crippen LogP contribution in [0.3, 0.4) is 0 Å². The normalized spacial score (nSPS) is 23.1. The van der Waals surface area contributed by atoms with E-state index in [1.165, 1.54) is 19.4 Å². The van der Waals surface area contributed by atoms with Gasteiger partial charge in [0.05, 0.1) is 11.7 Å². The van der Waals surface area contributed by atoms with Crippen LogP contribution in [0.15, 0.2) is 0 Å². The molecule has 0 saturated carbocycles. The van der Waals surface area contributed by atoms with Crippen molar-refractivity contribution in [3.63, 3.8) is 0 Å². The zero-order valence-electron chi connectivity index (χ0n) is 15.8. The Hall–Kier alpha value is -1.47. The second-order valence-corrected chi connectivity index (χ2v) is 7.76. The third-order valence-electron chi connectivity index (χ3n) is 5.63. The Kier molecular flexibility index (Phi) is 6.06. The first kappa shape index (κ1) is 18.3. The molecule has 7 nitrogen and oxygen atoms in total. The van der Waals surface area contributed by atoms with E-state index in [9.17, 15) is 4.79 Å². The summed E-state index contributed by atoms with van der Waals surface area (Å²) in [6.45, 7) is 11.4. The molecule has 2 aliphatic heterocycles. The molecule has 140 valence electrons. The summed E-state index contributed by atoms with van der Waals surface area (Å²) in [4.78, 5) is 15.1. The monoisotopic (exact) mass is 348 g/mol. The third-order valence-corrected chi connectivity index (χ3v) is 5.63. The van der Waals surface area contributed by atoms with Crippen LogP contribution in [0.5, 0.6) is 0 Å². The number of hydrogen-bond donors (Lipinski definition) is 2. The molecule has 2 aliphatic rings. The van der Waals surface area contributed by atoms with Crippen molar-refractivity contribution in [2.24, 2.45) is 5.92 Å². The SMILES string of the molecule is Cc1c(C(=O)NCC2CCCN(C(C)C)C2)nnn1C1CCNCC1. The van der Waals surface area contributed by atoms with Gasteiger partial charge in [0.2, 0.25) is 0 Å². The smallest absolute Gasteiger partial charge is 0.273 e. The van der Waals surface area contributed by atoms with Crippen molar-refractivity contribution in [1.82, 2.24) is 30.5 Å². The van der Waals surface area contributed by atoms with Crippen molar-refractivity contribution in [3.05, 3.63) is 11.4 Å². The van der Waals surface area contributed by atoms with E-state index < -0.39 is 0 Å². The summed E-state index contributed by atoms with van der Waals surface area (Å²) >= 11 is 0. The van der Waals surface area contributed by atoms with Crippen LogP contribution >= 0.6 is 0 Å². The van der Waals surface area contributed by atoms with Crippen LogP contribution in [0.25, 0.3) is 0 Å². The molecular formula is C18H32N6O. The van der Waals surface area contributed by atoms with E-state index in [0.717, 1.165) is 44.7 Å². The molecule has 1 unspecified atom stereocenters. The Morgan fingerprint density at radius 1 is 1.32 bits per heavy atom. The molecule has 0 radical (unpaired) electrons. The maximum atomic E-state index is 12.6. The first-order valence-electron chi connectivity index (χ1n) is 9.71.